The topological polar surface area (TPSA) is 164 Å². The van der Waals surface area contributed by atoms with Gasteiger partial charge in [-0.1, -0.05) is 32.5 Å². The molecule has 1 aromatic rings. The maximum absolute atomic E-state index is 12.1. The maximum Gasteiger partial charge on any atom is 0.330 e. The van der Waals surface area contributed by atoms with E-state index in [4.69, 9.17) is 18.5 Å². The summed E-state index contributed by atoms with van der Waals surface area (Å²) >= 11 is 1.19. The summed E-state index contributed by atoms with van der Waals surface area (Å²) in [5.41, 5.74) is -1.43. The molecule has 1 saturated heterocycles. The van der Waals surface area contributed by atoms with Gasteiger partial charge in [-0.15, -0.1) is 0 Å². The molecule has 0 bridgehead atoms. The number of carbonyl (C=O) groups is 3. The number of methoxy groups -OCH3 is 1. The average molecular weight is 594 g/mol. The fourth-order valence-corrected chi connectivity index (χ4v) is 4.83. The van der Waals surface area contributed by atoms with Crippen LogP contribution in [0.5, 0.6) is 0 Å². The van der Waals surface area contributed by atoms with Crippen LogP contribution in [0, 0.1) is 5.41 Å². The minimum atomic E-state index is -1.64. The zero-order chi connectivity index (χ0) is 29.6. The molecule has 2 rings (SSSR count). The number of ether oxygens (including phenoxy) is 3. The number of thioether (sulfide) groups is 1. The van der Waals surface area contributed by atoms with Crippen molar-refractivity contribution >= 4 is 37.3 Å². The number of H-pyrrole nitrogens is 1. The Hall–Kier alpha value is -2.09. The van der Waals surface area contributed by atoms with Gasteiger partial charge < -0.3 is 23.3 Å². The Morgan fingerprint density at radius 1 is 1.23 bits per heavy atom. The number of hydrogen-bond donors (Lipinski definition) is 2. The van der Waals surface area contributed by atoms with Crippen LogP contribution in [0.25, 0.3) is 0 Å². The lowest BCUT2D eigenvalue weighted by Crippen LogP contribution is -2.31. The van der Waals surface area contributed by atoms with Gasteiger partial charge >= 0.3 is 17.6 Å². The van der Waals surface area contributed by atoms with Crippen molar-refractivity contribution in [2.45, 2.75) is 72.8 Å². The minimum absolute atomic E-state index is 0.0673. The highest BCUT2D eigenvalue weighted by Gasteiger charge is 2.29. The molecular weight excluding hydrogens is 553 g/mol. The second-order valence-corrected chi connectivity index (χ2v) is 12.1. The third-order valence-corrected chi connectivity index (χ3v) is 7.23. The smallest absolute Gasteiger partial charge is 0.330 e. The molecule has 2 heterocycles. The summed E-state index contributed by atoms with van der Waals surface area (Å²) in [6, 6.07) is 1.27. The number of aromatic amines is 1. The van der Waals surface area contributed by atoms with E-state index in [1.165, 1.54) is 42.6 Å². The van der Waals surface area contributed by atoms with Gasteiger partial charge in [-0.25, -0.2) is 9.88 Å². The Labute approximate surface area is 233 Å². The SMILES string of the molecule is CC(C)OC(=O)CN[P@](OCCSC(=O)C(C)(C)C)OCC1CCC(n2ccc(=O)[nH]c2=O)O1.COC(C)=O. The summed E-state index contributed by atoms with van der Waals surface area (Å²) < 4.78 is 28.1. The van der Waals surface area contributed by atoms with E-state index in [2.05, 4.69) is 14.8 Å². The Bertz CT molecular complexity index is 1040. The molecule has 0 saturated carbocycles. The number of nitrogens with one attached hydrogen (secondary N) is 2. The molecule has 1 fully saturated rings. The second-order valence-electron chi connectivity index (χ2n) is 9.65. The van der Waals surface area contributed by atoms with Crippen molar-refractivity contribution in [3.05, 3.63) is 33.1 Å². The molecule has 0 aromatic carbocycles. The molecule has 39 heavy (non-hydrogen) atoms. The third-order valence-electron chi connectivity index (χ3n) is 4.77. The van der Waals surface area contributed by atoms with E-state index in [0.717, 1.165) is 0 Å². The summed E-state index contributed by atoms with van der Waals surface area (Å²) in [6.45, 7) is 10.8. The Balaban J connectivity index is 0.00000139. The first kappa shape index (κ1) is 34.9. The van der Waals surface area contributed by atoms with Crippen molar-refractivity contribution in [2.24, 2.45) is 5.41 Å². The molecule has 1 aromatic heterocycles. The van der Waals surface area contributed by atoms with Gasteiger partial charge in [0.2, 0.25) is 0 Å². The Morgan fingerprint density at radius 2 is 1.90 bits per heavy atom. The van der Waals surface area contributed by atoms with Crippen molar-refractivity contribution in [3.8, 4) is 0 Å². The van der Waals surface area contributed by atoms with Crippen LogP contribution in [-0.2, 0) is 37.6 Å². The fraction of sp³-hybridized carbons (Fsp3) is 0.708. The monoisotopic (exact) mass is 593 g/mol. The molecule has 0 radical (unpaired) electrons. The van der Waals surface area contributed by atoms with Crippen LogP contribution in [0.2, 0.25) is 0 Å². The van der Waals surface area contributed by atoms with E-state index in [1.807, 2.05) is 20.8 Å². The predicted octanol–water partition coefficient (Wildman–Crippen LogP) is 2.50. The van der Waals surface area contributed by atoms with Crippen molar-refractivity contribution < 1.29 is 37.6 Å². The Kier molecular flexibility index (Phi) is 15.7. The van der Waals surface area contributed by atoms with E-state index in [-0.39, 0.29) is 43.1 Å². The molecule has 3 atom stereocenters. The molecule has 13 nitrogen and oxygen atoms in total. The molecule has 0 spiro atoms. The van der Waals surface area contributed by atoms with Crippen LogP contribution in [0.4, 0.5) is 0 Å². The van der Waals surface area contributed by atoms with Crippen molar-refractivity contribution in [3.63, 3.8) is 0 Å². The number of carbonyl (C=O) groups excluding carboxylic acids is 3. The van der Waals surface area contributed by atoms with Crippen molar-refractivity contribution in [2.75, 3.05) is 32.6 Å². The molecule has 2 N–H and O–H groups in total. The quantitative estimate of drug-likeness (QED) is 0.207. The van der Waals surface area contributed by atoms with Crippen LogP contribution in [0.1, 0.15) is 60.6 Å². The lowest BCUT2D eigenvalue weighted by molar-refractivity contribution is -0.146. The predicted molar refractivity (Wildman–Crippen MR) is 147 cm³/mol. The summed E-state index contributed by atoms with van der Waals surface area (Å²) in [7, 11) is -0.294. The Morgan fingerprint density at radius 3 is 2.46 bits per heavy atom. The van der Waals surface area contributed by atoms with Gasteiger partial charge in [-0.2, -0.15) is 0 Å². The zero-order valence-corrected chi connectivity index (χ0v) is 25.2. The number of nitrogens with zero attached hydrogens (tertiary/aromatic N) is 1. The molecule has 0 amide bonds. The molecule has 0 aliphatic carbocycles. The first-order chi connectivity index (χ1) is 18.2. The van der Waals surface area contributed by atoms with Gasteiger partial charge in [0, 0.05) is 30.4 Å². The van der Waals surface area contributed by atoms with Crippen molar-refractivity contribution in [1.29, 1.82) is 0 Å². The summed E-state index contributed by atoms with van der Waals surface area (Å²) in [4.78, 5) is 59.0. The van der Waals surface area contributed by atoms with Gasteiger partial charge in [0.25, 0.3) is 14.1 Å². The highest BCUT2D eigenvalue weighted by atomic mass is 32.2. The van der Waals surface area contributed by atoms with Gasteiger partial charge in [0.05, 0.1) is 32.5 Å². The van der Waals surface area contributed by atoms with Gasteiger partial charge in [0.15, 0.2) is 5.12 Å². The minimum Gasteiger partial charge on any atom is -0.469 e. The van der Waals surface area contributed by atoms with Crippen molar-refractivity contribution in [1.82, 2.24) is 14.6 Å². The third kappa shape index (κ3) is 14.8. The lowest BCUT2D eigenvalue weighted by atomic mass is 10.00. The number of esters is 2. The number of rotatable bonds is 12. The number of aromatic nitrogens is 2. The highest BCUT2D eigenvalue weighted by Crippen LogP contribution is 2.36. The molecule has 15 heteroatoms. The van der Waals surface area contributed by atoms with E-state index in [1.54, 1.807) is 13.8 Å². The van der Waals surface area contributed by atoms with E-state index < -0.39 is 37.4 Å². The van der Waals surface area contributed by atoms with Gasteiger partial charge in [-0.3, -0.25) is 28.7 Å². The van der Waals surface area contributed by atoms with Crippen LogP contribution in [-0.4, -0.2) is 71.4 Å². The molecular formula is C24H40N3O10PS. The van der Waals surface area contributed by atoms with Crippen LogP contribution >= 0.6 is 20.3 Å². The summed E-state index contributed by atoms with van der Waals surface area (Å²) in [5.74, 6) is -0.223. The lowest BCUT2D eigenvalue weighted by Gasteiger charge is -2.21. The van der Waals surface area contributed by atoms with Gasteiger partial charge in [-0.05, 0) is 26.7 Å². The second kappa shape index (κ2) is 17.6. The molecule has 1 aliphatic heterocycles. The summed E-state index contributed by atoms with van der Waals surface area (Å²) in [5, 5.41) is 2.99. The van der Waals surface area contributed by atoms with Gasteiger partial charge in [0.1, 0.15) is 12.8 Å². The van der Waals surface area contributed by atoms with Crippen LogP contribution < -0.4 is 16.3 Å². The molecule has 222 valence electrons. The molecule has 2 unspecified atom stereocenters. The largest absolute Gasteiger partial charge is 0.469 e. The summed E-state index contributed by atoms with van der Waals surface area (Å²) in [6.07, 6.45) is 1.60. The standard InChI is InChI=1S/C21H34N3O8PS.C3H6O2/c1-14(2)31-18(26)12-22-33(29-10-11-34-19(27)21(3,4)5)30-13-15-6-7-17(32-15)24-9-8-16(25)23-20(24)28;1-3(4)5-2/h8-9,14-15,17,22H,6-7,10-13H2,1-5H3,(H,23,25,28);1-2H3/t15?,17?,33-;/m1./s1. The van der Waals surface area contributed by atoms with Crippen LogP contribution in [0.15, 0.2) is 21.9 Å². The van der Waals surface area contributed by atoms with Crippen LogP contribution in [0.3, 0.4) is 0 Å². The normalized spacial score (nSPS) is 17.7. The maximum atomic E-state index is 12.1. The molecule has 1 aliphatic rings. The zero-order valence-electron chi connectivity index (χ0n) is 23.5. The number of hydrogen-bond acceptors (Lipinski definition) is 12. The first-order valence-corrected chi connectivity index (χ1v) is 14.6. The van der Waals surface area contributed by atoms with E-state index >= 15 is 0 Å². The average Bonchev–Trinajstić information content (AvgIpc) is 3.30. The first-order valence-electron chi connectivity index (χ1n) is 12.4. The highest BCUT2D eigenvalue weighted by molar-refractivity contribution is 8.13. The van der Waals surface area contributed by atoms with E-state index in [9.17, 15) is 24.0 Å². The fourth-order valence-electron chi connectivity index (χ4n) is 2.85. The van der Waals surface area contributed by atoms with E-state index in [0.29, 0.717) is 18.6 Å².